The third-order valence-corrected chi connectivity index (χ3v) is 3.69. The minimum absolute atomic E-state index is 0.00514. The van der Waals surface area contributed by atoms with Crippen molar-refractivity contribution in [1.82, 2.24) is 10.6 Å². The van der Waals surface area contributed by atoms with Gasteiger partial charge in [-0.1, -0.05) is 12.1 Å². The molecule has 2 rings (SSSR count). The van der Waals surface area contributed by atoms with Gasteiger partial charge < -0.3 is 10.6 Å². The molecule has 0 aromatic heterocycles. The topological polar surface area (TPSA) is 41.1 Å². The van der Waals surface area contributed by atoms with Crippen molar-refractivity contribution >= 4 is 5.91 Å². The number of halogens is 3. The summed E-state index contributed by atoms with van der Waals surface area (Å²) >= 11 is 0. The molecule has 0 unspecified atom stereocenters. The average molecular weight is 300 g/mol. The highest BCUT2D eigenvalue weighted by Crippen LogP contribution is 2.29. The molecule has 0 aliphatic carbocycles. The Bertz CT molecular complexity index is 463. The summed E-state index contributed by atoms with van der Waals surface area (Å²) in [5, 5.41) is 6.05. The van der Waals surface area contributed by atoms with Crippen molar-refractivity contribution in [2.24, 2.45) is 5.92 Å². The van der Waals surface area contributed by atoms with Crippen LogP contribution in [0.1, 0.15) is 30.4 Å². The largest absolute Gasteiger partial charge is 0.416 e. The molecule has 0 saturated carbocycles. The molecule has 0 bridgehead atoms. The van der Waals surface area contributed by atoms with Crippen molar-refractivity contribution in [2.75, 3.05) is 13.1 Å². The monoisotopic (exact) mass is 300 g/mol. The lowest BCUT2D eigenvalue weighted by molar-refractivity contribution is -0.137. The van der Waals surface area contributed by atoms with Crippen molar-refractivity contribution in [3.8, 4) is 0 Å². The Hall–Kier alpha value is -1.56. The molecule has 1 saturated heterocycles. The van der Waals surface area contributed by atoms with Gasteiger partial charge in [-0.25, -0.2) is 0 Å². The molecule has 1 aromatic carbocycles. The van der Waals surface area contributed by atoms with Gasteiger partial charge in [-0.15, -0.1) is 0 Å². The Balaban J connectivity index is 1.86. The van der Waals surface area contributed by atoms with Crippen molar-refractivity contribution in [3.05, 3.63) is 35.4 Å². The van der Waals surface area contributed by atoms with Crippen LogP contribution >= 0.6 is 0 Å². The van der Waals surface area contributed by atoms with Gasteiger partial charge in [0.2, 0.25) is 5.91 Å². The summed E-state index contributed by atoms with van der Waals surface area (Å²) in [6.45, 7) is 2.03. The number of alkyl halides is 3. The van der Waals surface area contributed by atoms with Gasteiger partial charge in [0.1, 0.15) is 0 Å². The van der Waals surface area contributed by atoms with E-state index >= 15 is 0 Å². The summed E-state index contributed by atoms with van der Waals surface area (Å²) in [4.78, 5) is 12.0. The Labute approximate surface area is 121 Å². The fraction of sp³-hybridized carbons (Fsp3) is 0.533. The SMILES string of the molecule is O=C(NCc1ccc(C(F)(F)F)cc1)[C@@H]1CCCNCC1. The van der Waals surface area contributed by atoms with Crippen LogP contribution in [-0.2, 0) is 17.5 Å². The number of benzene rings is 1. The number of hydrogen-bond donors (Lipinski definition) is 2. The number of rotatable bonds is 3. The predicted molar refractivity (Wildman–Crippen MR) is 73.5 cm³/mol. The van der Waals surface area contributed by atoms with E-state index in [1.807, 2.05) is 0 Å². The summed E-state index contributed by atoms with van der Waals surface area (Å²) in [6, 6.07) is 4.88. The molecule has 116 valence electrons. The maximum absolute atomic E-state index is 12.4. The molecule has 1 heterocycles. The average Bonchev–Trinajstić information content (AvgIpc) is 2.73. The minimum atomic E-state index is -4.32. The predicted octanol–water partition coefficient (Wildman–Crippen LogP) is 2.71. The van der Waals surface area contributed by atoms with E-state index in [4.69, 9.17) is 0 Å². The van der Waals surface area contributed by atoms with Crippen molar-refractivity contribution in [2.45, 2.75) is 32.0 Å². The first-order valence-electron chi connectivity index (χ1n) is 7.11. The molecule has 3 nitrogen and oxygen atoms in total. The highest BCUT2D eigenvalue weighted by atomic mass is 19.4. The van der Waals surface area contributed by atoms with E-state index in [9.17, 15) is 18.0 Å². The fourth-order valence-electron chi connectivity index (χ4n) is 2.43. The standard InChI is InChI=1S/C15H19F3N2O/c16-15(17,18)13-5-3-11(4-6-13)10-20-14(21)12-2-1-8-19-9-7-12/h3-6,12,19H,1-2,7-10H2,(H,20,21)/t12-/m1/s1. The van der Waals surface area contributed by atoms with Gasteiger partial charge in [0.25, 0.3) is 0 Å². The normalized spacial score (nSPS) is 19.9. The Kier molecular flexibility index (Phi) is 5.22. The molecule has 1 aliphatic heterocycles. The second kappa shape index (κ2) is 6.93. The maximum atomic E-state index is 12.4. The molecule has 1 aliphatic rings. The number of amides is 1. The van der Waals surface area contributed by atoms with E-state index in [0.717, 1.165) is 44.5 Å². The van der Waals surface area contributed by atoms with Crippen LogP contribution in [0.25, 0.3) is 0 Å². The molecule has 1 aromatic rings. The zero-order chi connectivity index (χ0) is 15.3. The lowest BCUT2D eigenvalue weighted by Crippen LogP contribution is -2.30. The van der Waals surface area contributed by atoms with E-state index in [2.05, 4.69) is 10.6 Å². The van der Waals surface area contributed by atoms with E-state index in [1.165, 1.54) is 12.1 Å². The van der Waals surface area contributed by atoms with E-state index in [0.29, 0.717) is 5.56 Å². The Morgan fingerprint density at radius 1 is 1.19 bits per heavy atom. The van der Waals surface area contributed by atoms with Crippen LogP contribution in [0.4, 0.5) is 13.2 Å². The molecule has 2 N–H and O–H groups in total. The van der Waals surface area contributed by atoms with Crippen molar-refractivity contribution in [3.63, 3.8) is 0 Å². The summed E-state index contributed by atoms with van der Waals surface area (Å²) in [7, 11) is 0. The van der Waals surface area contributed by atoms with Crippen LogP contribution in [0.5, 0.6) is 0 Å². The van der Waals surface area contributed by atoms with Gasteiger partial charge in [-0.3, -0.25) is 4.79 Å². The van der Waals surface area contributed by atoms with Gasteiger partial charge >= 0.3 is 6.18 Å². The number of carbonyl (C=O) groups excluding carboxylic acids is 1. The second-order valence-corrected chi connectivity index (χ2v) is 5.29. The van der Waals surface area contributed by atoms with Crippen LogP contribution in [0.15, 0.2) is 24.3 Å². The fourth-order valence-corrected chi connectivity index (χ4v) is 2.43. The Morgan fingerprint density at radius 2 is 1.90 bits per heavy atom. The van der Waals surface area contributed by atoms with Crippen LogP contribution in [0, 0.1) is 5.92 Å². The molecule has 21 heavy (non-hydrogen) atoms. The third kappa shape index (κ3) is 4.74. The highest BCUT2D eigenvalue weighted by Gasteiger charge is 2.29. The van der Waals surface area contributed by atoms with Gasteiger partial charge in [-0.2, -0.15) is 13.2 Å². The summed E-state index contributed by atoms with van der Waals surface area (Å²) in [5.41, 5.74) is -0.00415. The molecule has 6 heteroatoms. The van der Waals surface area contributed by atoms with Gasteiger partial charge in [0.05, 0.1) is 5.56 Å². The van der Waals surface area contributed by atoms with Gasteiger partial charge in [-0.05, 0) is 50.0 Å². The first-order valence-corrected chi connectivity index (χ1v) is 7.11. The molecule has 0 spiro atoms. The van der Waals surface area contributed by atoms with Crippen LogP contribution in [0.3, 0.4) is 0 Å². The summed E-state index contributed by atoms with van der Waals surface area (Å²) in [5.74, 6) is -0.0203. The molecule has 1 fully saturated rings. The van der Waals surface area contributed by atoms with E-state index in [-0.39, 0.29) is 18.4 Å². The van der Waals surface area contributed by atoms with E-state index < -0.39 is 11.7 Å². The highest BCUT2D eigenvalue weighted by molar-refractivity contribution is 5.78. The smallest absolute Gasteiger partial charge is 0.352 e. The maximum Gasteiger partial charge on any atom is 0.416 e. The van der Waals surface area contributed by atoms with E-state index in [1.54, 1.807) is 0 Å². The zero-order valence-corrected chi connectivity index (χ0v) is 11.7. The molecule has 0 radical (unpaired) electrons. The lowest BCUT2D eigenvalue weighted by atomic mass is 10.00. The quantitative estimate of drug-likeness (QED) is 0.901. The second-order valence-electron chi connectivity index (χ2n) is 5.29. The van der Waals surface area contributed by atoms with Crippen LogP contribution in [0.2, 0.25) is 0 Å². The minimum Gasteiger partial charge on any atom is -0.352 e. The zero-order valence-electron chi connectivity index (χ0n) is 11.7. The lowest BCUT2D eigenvalue weighted by Gasteiger charge is -2.14. The van der Waals surface area contributed by atoms with Crippen LogP contribution in [-0.4, -0.2) is 19.0 Å². The van der Waals surface area contributed by atoms with Crippen molar-refractivity contribution < 1.29 is 18.0 Å². The number of nitrogens with one attached hydrogen (secondary N) is 2. The number of carbonyl (C=O) groups is 1. The van der Waals surface area contributed by atoms with Crippen molar-refractivity contribution in [1.29, 1.82) is 0 Å². The first-order chi connectivity index (χ1) is 9.97. The van der Waals surface area contributed by atoms with Gasteiger partial charge in [0.15, 0.2) is 0 Å². The summed E-state index contributed by atoms with van der Waals surface area (Å²) < 4.78 is 37.3. The van der Waals surface area contributed by atoms with Crippen LogP contribution < -0.4 is 10.6 Å². The molecule has 1 atom stereocenters. The third-order valence-electron chi connectivity index (χ3n) is 3.69. The molecule has 1 amide bonds. The first kappa shape index (κ1) is 15.8. The van der Waals surface area contributed by atoms with Gasteiger partial charge in [0, 0.05) is 12.5 Å². The molecular formula is C15H19F3N2O. The Morgan fingerprint density at radius 3 is 2.57 bits per heavy atom. The summed E-state index contributed by atoms with van der Waals surface area (Å²) in [6.07, 6.45) is -1.70. The molecular weight excluding hydrogens is 281 g/mol. The number of hydrogen-bond acceptors (Lipinski definition) is 2.